The van der Waals surface area contributed by atoms with Crippen LogP contribution in [0.5, 0.6) is 0 Å². The predicted octanol–water partition coefficient (Wildman–Crippen LogP) is 4.91. The van der Waals surface area contributed by atoms with Gasteiger partial charge in [-0.25, -0.2) is 23.4 Å². The van der Waals surface area contributed by atoms with Crippen LogP contribution in [0.1, 0.15) is 31.4 Å². The zero-order chi connectivity index (χ0) is 23.6. The molecule has 1 aliphatic rings. The number of amides is 3. The highest BCUT2D eigenvalue weighted by Gasteiger charge is 2.53. The summed E-state index contributed by atoms with van der Waals surface area (Å²) in [6.45, 7) is 2.14. The van der Waals surface area contributed by atoms with E-state index in [2.05, 4.69) is 10.3 Å². The van der Waals surface area contributed by atoms with Crippen molar-refractivity contribution >= 4 is 34.7 Å². The summed E-state index contributed by atoms with van der Waals surface area (Å²) in [5.41, 5.74) is 2.09. The predicted molar refractivity (Wildman–Crippen MR) is 124 cm³/mol. The Morgan fingerprint density at radius 3 is 2.52 bits per heavy atom. The molecule has 3 amide bonds. The lowest BCUT2D eigenvalue weighted by atomic mass is 10.1. The molecule has 1 saturated heterocycles. The number of halogens is 2. The third kappa shape index (κ3) is 4.39. The van der Waals surface area contributed by atoms with Crippen LogP contribution in [0.4, 0.5) is 13.6 Å². The molecule has 6 nitrogen and oxygen atoms in total. The average Bonchev–Trinajstić information content (AvgIpc) is 3.36. The fourth-order valence-electron chi connectivity index (χ4n) is 4.56. The fraction of sp³-hybridized carbons (Fsp3) is 0.375. The maximum Gasteiger partial charge on any atom is 0.424 e. The van der Waals surface area contributed by atoms with Gasteiger partial charge >= 0.3 is 11.9 Å². The Morgan fingerprint density at radius 2 is 1.88 bits per heavy atom. The van der Waals surface area contributed by atoms with Crippen molar-refractivity contribution in [1.29, 1.82) is 0 Å². The number of quaternary nitrogens is 1. The van der Waals surface area contributed by atoms with Crippen LogP contribution in [0.15, 0.2) is 59.8 Å². The van der Waals surface area contributed by atoms with Gasteiger partial charge in [0, 0.05) is 19.9 Å². The second-order valence-corrected chi connectivity index (χ2v) is 9.32. The molecule has 4 rings (SSSR count). The van der Waals surface area contributed by atoms with E-state index in [0.29, 0.717) is 30.1 Å². The number of alkyl halides is 2. The number of rotatable bonds is 6. The Morgan fingerprint density at radius 1 is 1.18 bits per heavy atom. The molecule has 1 aromatic heterocycles. The van der Waals surface area contributed by atoms with Crippen molar-refractivity contribution in [3.05, 3.63) is 60.2 Å². The molecule has 3 atom stereocenters. The molecule has 3 aromatic rings. The summed E-state index contributed by atoms with van der Waals surface area (Å²) in [4.78, 5) is 31.5. The van der Waals surface area contributed by atoms with E-state index in [4.69, 9.17) is 0 Å². The standard InChI is InChI=1S/C24H26F2N4O2S/c1-16-9-8-14-30(16,24(32)28-21(22(25)26)17-10-4-3-5-11-17)20(31)15-33-23-27-18-12-6-7-13-19(18)29(23)2/h3-7,10-13,16,21-22H,8-9,14-15H2,1-2H3/p+1/t16-,21?,30?/m1/s1. The summed E-state index contributed by atoms with van der Waals surface area (Å²) < 4.78 is 29.1. The number of imide groups is 1. The number of benzene rings is 2. The van der Waals surface area contributed by atoms with Gasteiger partial charge in [0.05, 0.1) is 17.6 Å². The topological polar surface area (TPSA) is 64.0 Å². The van der Waals surface area contributed by atoms with Crippen molar-refractivity contribution in [3.8, 4) is 0 Å². The summed E-state index contributed by atoms with van der Waals surface area (Å²) in [7, 11) is 1.88. The molecule has 2 heterocycles. The summed E-state index contributed by atoms with van der Waals surface area (Å²) in [5.74, 6) is -0.268. The van der Waals surface area contributed by atoms with Crippen molar-refractivity contribution in [1.82, 2.24) is 14.9 Å². The lowest BCUT2D eigenvalue weighted by Gasteiger charge is -2.34. The van der Waals surface area contributed by atoms with Crippen molar-refractivity contribution in [2.75, 3.05) is 12.3 Å². The minimum absolute atomic E-state index is 0.0274. The Balaban J connectivity index is 1.55. The number of para-hydroxylation sites is 2. The van der Waals surface area contributed by atoms with Crippen molar-refractivity contribution in [2.45, 2.75) is 43.4 Å². The maximum atomic E-state index is 13.8. The Kier molecular flexibility index (Phi) is 6.81. The van der Waals surface area contributed by atoms with E-state index in [-0.39, 0.29) is 17.7 Å². The number of hydrogen-bond acceptors (Lipinski definition) is 4. The molecule has 1 fully saturated rings. The van der Waals surface area contributed by atoms with Gasteiger partial charge in [-0.15, -0.1) is 0 Å². The lowest BCUT2D eigenvalue weighted by molar-refractivity contribution is -0.784. The molecule has 1 aliphatic heterocycles. The number of aryl methyl sites for hydroxylation is 1. The first-order chi connectivity index (χ1) is 15.8. The van der Waals surface area contributed by atoms with E-state index in [1.165, 1.54) is 11.8 Å². The van der Waals surface area contributed by atoms with E-state index in [1.807, 2.05) is 42.8 Å². The highest BCUT2D eigenvalue weighted by atomic mass is 32.2. The molecule has 33 heavy (non-hydrogen) atoms. The van der Waals surface area contributed by atoms with Crippen LogP contribution in [0.25, 0.3) is 11.0 Å². The van der Waals surface area contributed by atoms with E-state index in [9.17, 15) is 18.4 Å². The van der Waals surface area contributed by atoms with E-state index >= 15 is 0 Å². The van der Waals surface area contributed by atoms with Gasteiger partial charge in [0.25, 0.3) is 6.43 Å². The SMILES string of the molecule is C[C@@H]1CCC[N+]1(C(=O)CSc1nc2ccccc2n1C)C(=O)NC(c1ccccc1)C(F)F. The largest absolute Gasteiger partial charge is 0.424 e. The van der Waals surface area contributed by atoms with Crippen LogP contribution in [0.2, 0.25) is 0 Å². The quantitative estimate of drug-likeness (QED) is 0.408. The number of urea groups is 1. The van der Waals surface area contributed by atoms with Crippen LogP contribution in [-0.4, -0.2) is 50.7 Å². The molecule has 2 aromatic carbocycles. The van der Waals surface area contributed by atoms with Crippen LogP contribution in [-0.2, 0) is 11.8 Å². The first kappa shape index (κ1) is 23.4. The van der Waals surface area contributed by atoms with Crippen LogP contribution in [0.3, 0.4) is 0 Å². The number of nitrogens with zero attached hydrogens (tertiary/aromatic N) is 3. The number of carbonyl (C=O) groups excluding carboxylic acids is 2. The molecule has 0 spiro atoms. The molecule has 0 radical (unpaired) electrons. The van der Waals surface area contributed by atoms with Crippen LogP contribution < -0.4 is 5.32 Å². The normalized spacial score (nSPS) is 21.4. The molecule has 174 valence electrons. The van der Waals surface area contributed by atoms with Gasteiger partial charge in [0.1, 0.15) is 17.8 Å². The number of aromatic nitrogens is 2. The first-order valence-electron chi connectivity index (χ1n) is 10.9. The van der Waals surface area contributed by atoms with Crippen LogP contribution >= 0.6 is 11.8 Å². The summed E-state index contributed by atoms with van der Waals surface area (Å²) in [5, 5.41) is 3.16. The highest BCUT2D eigenvalue weighted by molar-refractivity contribution is 7.99. The van der Waals surface area contributed by atoms with Gasteiger partial charge in [-0.2, -0.15) is 4.48 Å². The molecular weight excluding hydrogens is 446 g/mol. The van der Waals surface area contributed by atoms with Crippen molar-refractivity contribution in [2.24, 2.45) is 7.05 Å². The smallest absolute Gasteiger partial charge is 0.322 e. The molecule has 1 N–H and O–H groups in total. The van der Waals surface area contributed by atoms with Gasteiger partial charge in [-0.05, 0) is 24.6 Å². The van der Waals surface area contributed by atoms with E-state index in [1.54, 1.807) is 30.3 Å². The van der Waals surface area contributed by atoms with E-state index < -0.39 is 23.0 Å². The van der Waals surface area contributed by atoms with Crippen LogP contribution in [0, 0.1) is 0 Å². The van der Waals surface area contributed by atoms with E-state index in [0.717, 1.165) is 11.0 Å². The number of imidazole rings is 1. The third-order valence-electron chi connectivity index (χ3n) is 6.45. The molecule has 0 saturated carbocycles. The second kappa shape index (κ2) is 9.61. The zero-order valence-corrected chi connectivity index (χ0v) is 19.4. The Labute approximate surface area is 195 Å². The molecule has 0 aliphatic carbocycles. The monoisotopic (exact) mass is 473 g/mol. The fourth-order valence-corrected chi connectivity index (χ4v) is 5.49. The van der Waals surface area contributed by atoms with Crippen molar-refractivity contribution in [3.63, 3.8) is 0 Å². The molecule has 9 heteroatoms. The number of thioether (sulfide) groups is 1. The number of carbonyl (C=O) groups is 2. The zero-order valence-electron chi connectivity index (χ0n) is 18.6. The third-order valence-corrected chi connectivity index (χ3v) is 7.47. The maximum absolute atomic E-state index is 13.8. The number of likely N-dealkylation sites (tertiary alicyclic amines) is 1. The van der Waals surface area contributed by atoms with Gasteiger partial charge in [0.2, 0.25) is 0 Å². The molecule has 0 bridgehead atoms. The minimum atomic E-state index is -2.79. The number of nitrogens with one attached hydrogen (secondary N) is 1. The second-order valence-electron chi connectivity index (χ2n) is 8.38. The number of fused-ring (bicyclic) bond motifs is 1. The number of hydrogen-bond donors (Lipinski definition) is 1. The Bertz CT molecular complexity index is 1150. The summed E-state index contributed by atoms with van der Waals surface area (Å²) in [6, 6.07) is 13.4. The van der Waals surface area contributed by atoms with Gasteiger partial charge in [-0.1, -0.05) is 54.2 Å². The average molecular weight is 474 g/mol. The van der Waals surface area contributed by atoms with Gasteiger partial charge < -0.3 is 4.57 Å². The van der Waals surface area contributed by atoms with Gasteiger partial charge in [-0.3, -0.25) is 5.32 Å². The summed E-state index contributed by atoms with van der Waals surface area (Å²) in [6.07, 6.45) is -1.43. The Hall–Kier alpha value is -2.78. The lowest BCUT2D eigenvalue weighted by Crippen LogP contribution is -2.64. The molecular formula is C24H27F2N4O2S+. The first-order valence-corrected chi connectivity index (χ1v) is 11.9. The summed E-state index contributed by atoms with van der Waals surface area (Å²) >= 11 is 1.27. The highest BCUT2D eigenvalue weighted by Crippen LogP contribution is 2.32. The van der Waals surface area contributed by atoms with Crippen molar-refractivity contribution < 1.29 is 22.9 Å². The molecule has 2 unspecified atom stereocenters. The van der Waals surface area contributed by atoms with Gasteiger partial charge in [0.15, 0.2) is 5.16 Å². The minimum Gasteiger partial charge on any atom is -0.322 e.